The molecule has 2 fully saturated rings. The molecule has 1 saturated heterocycles. The molecule has 2 aromatic heterocycles. The molecule has 178 valence electrons. The van der Waals surface area contributed by atoms with Crippen molar-refractivity contribution in [1.82, 2.24) is 30.2 Å². The maximum Gasteiger partial charge on any atom is 0.248 e. The van der Waals surface area contributed by atoms with Crippen LogP contribution in [0.1, 0.15) is 63.3 Å². The molecule has 0 aromatic carbocycles. The zero-order chi connectivity index (χ0) is 23.8. The van der Waals surface area contributed by atoms with Gasteiger partial charge in [-0.1, -0.05) is 26.0 Å². The van der Waals surface area contributed by atoms with Crippen LogP contribution >= 0.6 is 0 Å². The van der Waals surface area contributed by atoms with Crippen molar-refractivity contribution in [3.05, 3.63) is 41.7 Å². The van der Waals surface area contributed by atoms with Gasteiger partial charge in [-0.3, -0.25) is 14.6 Å². The van der Waals surface area contributed by atoms with E-state index in [1.807, 2.05) is 27.0 Å². The van der Waals surface area contributed by atoms with Crippen LogP contribution in [-0.4, -0.2) is 67.0 Å². The lowest BCUT2D eigenvalue weighted by atomic mass is 9.85. The molecule has 9 nitrogen and oxygen atoms in total. The molecule has 1 aliphatic heterocycles. The summed E-state index contributed by atoms with van der Waals surface area (Å²) in [4.78, 5) is 31.8. The molecule has 1 aliphatic carbocycles. The Labute approximate surface area is 192 Å². The van der Waals surface area contributed by atoms with Gasteiger partial charge in [0.2, 0.25) is 11.8 Å². The van der Waals surface area contributed by atoms with Crippen molar-refractivity contribution in [2.24, 2.45) is 5.41 Å². The number of rotatable bonds is 7. The molecule has 3 atom stereocenters. The third-order valence-electron chi connectivity index (χ3n) is 6.26. The minimum absolute atomic E-state index is 0.0761. The lowest BCUT2D eigenvalue weighted by Gasteiger charge is -2.34. The van der Waals surface area contributed by atoms with Gasteiger partial charge in [0.05, 0.1) is 18.0 Å². The van der Waals surface area contributed by atoms with Gasteiger partial charge in [0.1, 0.15) is 17.9 Å². The van der Waals surface area contributed by atoms with Gasteiger partial charge < -0.3 is 15.3 Å². The van der Waals surface area contributed by atoms with Crippen LogP contribution in [0.3, 0.4) is 0 Å². The molecule has 2 aliphatic rings. The number of hydrogen-bond acceptors (Lipinski definition) is 6. The SMILES string of the molecule is CC(C)(C)[C@@H](C(=O)N1C[C@H](O)C[C@H]1C(=O)NCCc1ccncc1F)n1cc(C2CC2)nn1. The van der Waals surface area contributed by atoms with Crippen molar-refractivity contribution in [2.45, 2.75) is 70.6 Å². The number of nitrogens with zero attached hydrogens (tertiary/aromatic N) is 5. The molecule has 10 heteroatoms. The van der Waals surface area contributed by atoms with E-state index >= 15 is 0 Å². The van der Waals surface area contributed by atoms with Crippen molar-refractivity contribution >= 4 is 11.8 Å². The van der Waals surface area contributed by atoms with E-state index in [-0.39, 0.29) is 31.3 Å². The average molecular weight is 459 g/mol. The highest BCUT2D eigenvalue weighted by Gasteiger charge is 2.45. The van der Waals surface area contributed by atoms with E-state index in [9.17, 15) is 19.1 Å². The molecule has 3 heterocycles. The molecule has 0 spiro atoms. The molecule has 2 aromatic rings. The number of aliphatic hydroxyl groups is 1. The fourth-order valence-electron chi connectivity index (χ4n) is 4.37. The molecule has 0 unspecified atom stereocenters. The minimum Gasteiger partial charge on any atom is -0.391 e. The monoisotopic (exact) mass is 458 g/mol. The Balaban J connectivity index is 1.46. The first-order valence-electron chi connectivity index (χ1n) is 11.4. The van der Waals surface area contributed by atoms with Gasteiger partial charge in [0.15, 0.2) is 0 Å². The summed E-state index contributed by atoms with van der Waals surface area (Å²) in [7, 11) is 0. The molecular weight excluding hydrogens is 427 g/mol. The molecule has 1 saturated carbocycles. The number of pyridine rings is 1. The molecule has 0 bridgehead atoms. The van der Waals surface area contributed by atoms with Crippen molar-refractivity contribution in [3.8, 4) is 0 Å². The topological polar surface area (TPSA) is 113 Å². The van der Waals surface area contributed by atoms with Crippen molar-refractivity contribution < 1.29 is 19.1 Å². The van der Waals surface area contributed by atoms with Crippen LogP contribution in [0.15, 0.2) is 24.7 Å². The number of hydrogen-bond donors (Lipinski definition) is 2. The maximum absolute atomic E-state index is 13.8. The van der Waals surface area contributed by atoms with E-state index in [0.29, 0.717) is 17.9 Å². The third kappa shape index (κ3) is 5.21. The first kappa shape index (κ1) is 23.3. The van der Waals surface area contributed by atoms with Crippen molar-refractivity contribution in [1.29, 1.82) is 0 Å². The van der Waals surface area contributed by atoms with E-state index < -0.39 is 29.4 Å². The second-order valence-electron chi connectivity index (χ2n) is 10.1. The number of β-amino-alcohol motifs (C(OH)–C–C–N with tert-alkyl or cyclic N) is 1. The van der Waals surface area contributed by atoms with Crippen LogP contribution in [0.5, 0.6) is 0 Å². The number of carbonyl (C=O) groups is 2. The smallest absolute Gasteiger partial charge is 0.248 e. The Hall–Kier alpha value is -2.88. The minimum atomic E-state index is -0.800. The summed E-state index contributed by atoms with van der Waals surface area (Å²) >= 11 is 0. The van der Waals surface area contributed by atoms with Crippen LogP contribution in [0, 0.1) is 11.2 Å². The summed E-state index contributed by atoms with van der Waals surface area (Å²) in [5.74, 6) is -0.649. The predicted molar refractivity (Wildman–Crippen MR) is 118 cm³/mol. The second-order valence-corrected chi connectivity index (χ2v) is 10.1. The molecule has 4 rings (SSSR count). The highest BCUT2D eigenvalue weighted by Crippen LogP contribution is 2.40. The summed E-state index contributed by atoms with van der Waals surface area (Å²) in [6, 6.07) is 0.105. The first-order valence-corrected chi connectivity index (χ1v) is 11.4. The number of aliphatic hydroxyl groups excluding tert-OH is 1. The number of halogens is 1. The Morgan fingerprint density at radius 1 is 1.33 bits per heavy atom. The van der Waals surface area contributed by atoms with Crippen LogP contribution in [0.25, 0.3) is 0 Å². The molecule has 33 heavy (non-hydrogen) atoms. The standard InChI is InChI=1S/C23H31FN6O3/c1-23(2,3)20(30-13-18(27-28-30)15-4-5-15)22(33)29-12-16(31)10-19(29)21(32)26-9-7-14-6-8-25-11-17(14)24/h6,8,11,13,15-16,19-20,31H,4-5,7,9-10,12H2,1-3H3,(H,26,32)/t16-,19+,20-/m1/s1. The molecular formula is C23H31FN6O3. The summed E-state index contributed by atoms with van der Waals surface area (Å²) in [5.41, 5.74) is 0.852. The van der Waals surface area contributed by atoms with Crippen LogP contribution in [0.4, 0.5) is 4.39 Å². The Bertz CT molecular complexity index is 1020. The van der Waals surface area contributed by atoms with Gasteiger partial charge in [-0.05, 0) is 36.3 Å². The number of carbonyl (C=O) groups excluding carboxylic acids is 2. The number of aromatic nitrogens is 4. The zero-order valence-electron chi connectivity index (χ0n) is 19.2. The summed E-state index contributed by atoms with van der Waals surface area (Å²) in [6.45, 7) is 6.12. The molecule has 2 amide bonds. The van der Waals surface area contributed by atoms with Crippen LogP contribution < -0.4 is 5.32 Å². The maximum atomic E-state index is 13.8. The van der Waals surface area contributed by atoms with Crippen LogP contribution in [0.2, 0.25) is 0 Å². The summed E-state index contributed by atoms with van der Waals surface area (Å²) in [6.07, 6.45) is 6.29. The Morgan fingerprint density at radius 3 is 2.76 bits per heavy atom. The zero-order valence-corrected chi connectivity index (χ0v) is 19.2. The van der Waals surface area contributed by atoms with Gasteiger partial charge in [-0.2, -0.15) is 0 Å². The van der Waals surface area contributed by atoms with E-state index in [1.165, 1.54) is 11.1 Å². The summed E-state index contributed by atoms with van der Waals surface area (Å²) in [5, 5.41) is 21.5. The first-order chi connectivity index (χ1) is 15.6. The van der Waals surface area contributed by atoms with E-state index in [0.717, 1.165) is 24.7 Å². The number of likely N-dealkylation sites (tertiary alicyclic amines) is 1. The number of nitrogens with one attached hydrogen (secondary N) is 1. The van der Waals surface area contributed by atoms with Crippen LogP contribution in [-0.2, 0) is 16.0 Å². The Kier molecular flexibility index (Phi) is 6.47. The van der Waals surface area contributed by atoms with E-state index in [4.69, 9.17) is 0 Å². The largest absolute Gasteiger partial charge is 0.391 e. The summed E-state index contributed by atoms with van der Waals surface area (Å²) < 4.78 is 15.4. The van der Waals surface area contributed by atoms with Gasteiger partial charge in [0, 0.05) is 37.8 Å². The molecule has 0 radical (unpaired) electrons. The quantitative estimate of drug-likeness (QED) is 0.652. The molecule has 2 N–H and O–H groups in total. The predicted octanol–water partition coefficient (Wildman–Crippen LogP) is 1.60. The number of amides is 2. The third-order valence-corrected chi connectivity index (χ3v) is 6.26. The van der Waals surface area contributed by atoms with Crippen molar-refractivity contribution in [3.63, 3.8) is 0 Å². The Morgan fingerprint density at radius 2 is 2.09 bits per heavy atom. The fourth-order valence-corrected chi connectivity index (χ4v) is 4.37. The normalized spacial score (nSPS) is 21.8. The van der Waals surface area contributed by atoms with E-state index in [1.54, 1.807) is 10.7 Å². The second kappa shape index (κ2) is 9.17. The van der Waals surface area contributed by atoms with Crippen molar-refractivity contribution in [2.75, 3.05) is 13.1 Å². The lowest BCUT2D eigenvalue weighted by molar-refractivity contribution is -0.144. The van der Waals surface area contributed by atoms with Gasteiger partial charge in [-0.25, -0.2) is 9.07 Å². The van der Waals surface area contributed by atoms with Gasteiger partial charge in [-0.15, -0.1) is 5.10 Å². The van der Waals surface area contributed by atoms with Gasteiger partial charge in [0.25, 0.3) is 0 Å². The fraction of sp³-hybridized carbons (Fsp3) is 0.609. The highest BCUT2D eigenvalue weighted by atomic mass is 19.1. The highest BCUT2D eigenvalue weighted by molar-refractivity contribution is 5.90. The average Bonchev–Trinajstić information content (AvgIpc) is 3.36. The van der Waals surface area contributed by atoms with E-state index in [2.05, 4.69) is 20.6 Å². The van der Waals surface area contributed by atoms with Gasteiger partial charge >= 0.3 is 0 Å². The lowest BCUT2D eigenvalue weighted by Crippen LogP contribution is -2.50.